The number of nitrogens with one attached hydrogen (secondary N) is 1. The molecule has 2 heteroatoms. The second kappa shape index (κ2) is 1.74. The maximum absolute atomic E-state index is 4.22. The van der Waals surface area contributed by atoms with Gasteiger partial charge in [0.25, 0.3) is 0 Å². The lowest BCUT2D eigenvalue weighted by molar-refractivity contribution is 0.353. The van der Waals surface area contributed by atoms with Crippen molar-refractivity contribution < 1.29 is 0 Å². The van der Waals surface area contributed by atoms with Crippen LogP contribution in [-0.4, -0.2) is 11.3 Å². The molecule has 10 heavy (non-hydrogen) atoms. The van der Waals surface area contributed by atoms with Crippen LogP contribution >= 0.6 is 0 Å². The zero-order valence-corrected chi connectivity index (χ0v) is 6.65. The van der Waals surface area contributed by atoms with E-state index in [4.69, 9.17) is 0 Å². The zero-order valence-electron chi connectivity index (χ0n) is 6.65. The number of rotatable bonds is 1. The third-order valence-corrected chi connectivity index (χ3v) is 2.60. The van der Waals surface area contributed by atoms with Gasteiger partial charge in [-0.15, -0.1) is 0 Å². The number of hydrogen-bond donors (Lipinski definition) is 1. The Balaban J connectivity index is 2.06. The summed E-state index contributed by atoms with van der Waals surface area (Å²) in [5.74, 6) is 0.897. The van der Waals surface area contributed by atoms with Crippen LogP contribution in [0.1, 0.15) is 33.1 Å². The van der Waals surface area contributed by atoms with Crippen LogP contribution in [0.5, 0.6) is 0 Å². The standard InChI is InChI=1S/C8H14N2/c1-6-5-8(2,10-9-6)7-3-4-7/h7,10H,3-5H2,1-2H3. The van der Waals surface area contributed by atoms with Crippen LogP contribution in [0.3, 0.4) is 0 Å². The molecule has 0 bridgehead atoms. The van der Waals surface area contributed by atoms with Crippen molar-refractivity contribution in [2.24, 2.45) is 11.0 Å². The molecule has 1 fully saturated rings. The molecule has 1 N–H and O–H groups in total. The van der Waals surface area contributed by atoms with E-state index in [9.17, 15) is 0 Å². The maximum Gasteiger partial charge on any atom is 0.0601 e. The predicted molar refractivity (Wildman–Crippen MR) is 42.0 cm³/mol. The van der Waals surface area contributed by atoms with Crippen LogP contribution in [-0.2, 0) is 0 Å². The first kappa shape index (κ1) is 6.20. The fourth-order valence-corrected chi connectivity index (χ4v) is 1.79. The molecule has 0 aromatic rings. The Morgan fingerprint density at radius 3 is 2.70 bits per heavy atom. The zero-order chi connectivity index (χ0) is 7.19. The Morgan fingerprint density at radius 2 is 2.30 bits per heavy atom. The fraction of sp³-hybridized carbons (Fsp3) is 0.875. The Kier molecular flexibility index (Phi) is 1.08. The molecule has 0 radical (unpaired) electrons. The smallest absolute Gasteiger partial charge is 0.0601 e. The van der Waals surface area contributed by atoms with Gasteiger partial charge in [0.1, 0.15) is 0 Å². The molecular formula is C8H14N2. The van der Waals surface area contributed by atoms with Gasteiger partial charge in [0.2, 0.25) is 0 Å². The van der Waals surface area contributed by atoms with Crippen LogP contribution in [0.4, 0.5) is 0 Å². The summed E-state index contributed by atoms with van der Waals surface area (Å²) in [4.78, 5) is 0. The lowest BCUT2D eigenvalue weighted by atomic mass is 9.92. The van der Waals surface area contributed by atoms with Crippen molar-refractivity contribution in [1.82, 2.24) is 5.43 Å². The normalized spacial score (nSPS) is 39.2. The van der Waals surface area contributed by atoms with Crippen molar-refractivity contribution in [3.8, 4) is 0 Å². The molecule has 2 rings (SSSR count). The first-order valence-corrected chi connectivity index (χ1v) is 4.01. The summed E-state index contributed by atoms with van der Waals surface area (Å²) in [5.41, 5.74) is 4.81. The number of hydrazone groups is 1. The number of nitrogens with zero attached hydrogens (tertiary/aromatic N) is 1. The van der Waals surface area contributed by atoms with Gasteiger partial charge in [0, 0.05) is 12.1 Å². The summed E-state index contributed by atoms with van der Waals surface area (Å²) in [7, 11) is 0. The van der Waals surface area contributed by atoms with Crippen molar-refractivity contribution in [3.05, 3.63) is 0 Å². The first-order chi connectivity index (χ1) is 4.71. The minimum atomic E-state index is 0.323. The van der Waals surface area contributed by atoms with Gasteiger partial charge >= 0.3 is 0 Å². The maximum atomic E-state index is 4.22. The molecule has 0 amide bonds. The van der Waals surface area contributed by atoms with Gasteiger partial charge in [-0.3, -0.25) is 0 Å². The van der Waals surface area contributed by atoms with E-state index in [2.05, 4.69) is 24.4 Å². The van der Waals surface area contributed by atoms with E-state index in [-0.39, 0.29) is 0 Å². The molecule has 1 aliphatic carbocycles. The molecule has 1 aliphatic heterocycles. The minimum absolute atomic E-state index is 0.323. The second-order valence-electron chi connectivity index (χ2n) is 3.83. The molecule has 1 atom stereocenters. The summed E-state index contributed by atoms with van der Waals surface area (Å²) in [6, 6.07) is 0. The highest BCUT2D eigenvalue weighted by atomic mass is 15.4. The van der Waals surface area contributed by atoms with Crippen LogP contribution in [0.25, 0.3) is 0 Å². The fourth-order valence-electron chi connectivity index (χ4n) is 1.79. The van der Waals surface area contributed by atoms with E-state index in [0.717, 1.165) is 12.3 Å². The van der Waals surface area contributed by atoms with Crippen molar-refractivity contribution in [2.75, 3.05) is 0 Å². The molecule has 0 aromatic heterocycles. The summed E-state index contributed by atoms with van der Waals surface area (Å²) in [6.45, 7) is 4.38. The molecule has 56 valence electrons. The molecule has 1 saturated carbocycles. The molecule has 0 spiro atoms. The van der Waals surface area contributed by atoms with Gasteiger partial charge in [0.15, 0.2) is 0 Å². The van der Waals surface area contributed by atoms with Crippen molar-refractivity contribution in [1.29, 1.82) is 0 Å². The van der Waals surface area contributed by atoms with Crippen molar-refractivity contribution >= 4 is 5.71 Å². The van der Waals surface area contributed by atoms with E-state index in [1.807, 2.05) is 0 Å². The summed E-state index contributed by atoms with van der Waals surface area (Å²) >= 11 is 0. The predicted octanol–water partition coefficient (Wildman–Crippen LogP) is 1.52. The van der Waals surface area contributed by atoms with E-state index >= 15 is 0 Å². The van der Waals surface area contributed by atoms with E-state index in [1.54, 1.807) is 0 Å². The molecule has 0 aromatic carbocycles. The van der Waals surface area contributed by atoms with Crippen LogP contribution < -0.4 is 5.43 Å². The Labute approximate surface area is 61.7 Å². The molecule has 0 saturated heterocycles. The topological polar surface area (TPSA) is 24.4 Å². The highest BCUT2D eigenvalue weighted by Gasteiger charge is 2.43. The average Bonchev–Trinajstić information content (AvgIpc) is 2.62. The minimum Gasteiger partial charge on any atom is -0.304 e. The quantitative estimate of drug-likeness (QED) is 0.583. The van der Waals surface area contributed by atoms with E-state index in [0.29, 0.717) is 5.54 Å². The first-order valence-electron chi connectivity index (χ1n) is 4.01. The van der Waals surface area contributed by atoms with Crippen LogP contribution in [0, 0.1) is 5.92 Å². The summed E-state index contributed by atoms with van der Waals surface area (Å²) in [6.07, 6.45) is 3.94. The third-order valence-electron chi connectivity index (χ3n) is 2.60. The van der Waals surface area contributed by atoms with E-state index < -0.39 is 0 Å². The van der Waals surface area contributed by atoms with Crippen LogP contribution in [0.15, 0.2) is 5.10 Å². The highest BCUT2D eigenvalue weighted by Crippen LogP contribution is 2.42. The third kappa shape index (κ3) is 0.825. The SMILES string of the molecule is CC1=NNC(C)(C2CC2)C1. The monoisotopic (exact) mass is 138 g/mol. The van der Waals surface area contributed by atoms with Crippen molar-refractivity contribution in [3.63, 3.8) is 0 Å². The molecule has 2 aliphatic rings. The lowest BCUT2D eigenvalue weighted by Crippen LogP contribution is -2.37. The summed E-state index contributed by atoms with van der Waals surface area (Å²) < 4.78 is 0. The Morgan fingerprint density at radius 1 is 1.60 bits per heavy atom. The van der Waals surface area contributed by atoms with Crippen molar-refractivity contribution in [2.45, 2.75) is 38.6 Å². The summed E-state index contributed by atoms with van der Waals surface area (Å²) in [5, 5.41) is 4.22. The van der Waals surface area contributed by atoms with Gasteiger partial charge < -0.3 is 5.43 Å². The highest BCUT2D eigenvalue weighted by molar-refractivity contribution is 5.84. The van der Waals surface area contributed by atoms with Gasteiger partial charge in [-0.25, -0.2) is 0 Å². The molecular weight excluding hydrogens is 124 g/mol. The van der Waals surface area contributed by atoms with Gasteiger partial charge in [-0.05, 0) is 32.6 Å². The van der Waals surface area contributed by atoms with Gasteiger partial charge in [-0.2, -0.15) is 5.10 Å². The Bertz CT molecular complexity index is 182. The average molecular weight is 138 g/mol. The van der Waals surface area contributed by atoms with E-state index in [1.165, 1.54) is 18.6 Å². The van der Waals surface area contributed by atoms with Gasteiger partial charge in [-0.1, -0.05) is 0 Å². The second-order valence-corrected chi connectivity index (χ2v) is 3.83. The molecule has 2 nitrogen and oxygen atoms in total. The molecule has 1 unspecified atom stereocenters. The largest absolute Gasteiger partial charge is 0.304 e. The van der Waals surface area contributed by atoms with Crippen LogP contribution in [0.2, 0.25) is 0 Å². The molecule has 1 heterocycles. The van der Waals surface area contributed by atoms with Gasteiger partial charge in [0.05, 0.1) is 5.54 Å². The lowest BCUT2D eigenvalue weighted by Gasteiger charge is -2.22. The number of hydrogen-bond acceptors (Lipinski definition) is 2. The Hall–Kier alpha value is -0.530.